The second-order valence-electron chi connectivity index (χ2n) is 4.99. The molecule has 98 valence electrons. The highest BCUT2D eigenvalue weighted by Gasteiger charge is 2.21. The van der Waals surface area contributed by atoms with Crippen LogP contribution in [-0.2, 0) is 4.79 Å². The Morgan fingerprint density at radius 3 is 2.50 bits per heavy atom. The van der Waals surface area contributed by atoms with Gasteiger partial charge in [0, 0.05) is 16.1 Å². The van der Waals surface area contributed by atoms with Crippen LogP contribution in [0.3, 0.4) is 0 Å². The number of carbonyl (C=O) groups is 2. The number of Topliss-reactive ketones (excluding diaryl/α,β-unsaturated/α-hetero) is 1. The lowest BCUT2D eigenvalue weighted by molar-refractivity contribution is -0.125. The third-order valence-electron chi connectivity index (χ3n) is 2.33. The van der Waals surface area contributed by atoms with E-state index in [0.717, 1.165) is 0 Å². The zero-order valence-corrected chi connectivity index (χ0v) is 11.5. The molecule has 0 aliphatic carbocycles. The molecule has 5 heteroatoms. The van der Waals surface area contributed by atoms with Crippen molar-refractivity contribution in [3.05, 3.63) is 29.3 Å². The lowest BCUT2D eigenvalue weighted by Gasteiger charge is -2.16. The summed E-state index contributed by atoms with van der Waals surface area (Å²) >= 11 is 5.79. The van der Waals surface area contributed by atoms with Gasteiger partial charge in [0.1, 0.15) is 0 Å². The molecule has 0 aliphatic rings. The summed E-state index contributed by atoms with van der Waals surface area (Å²) in [6, 6.07) is 6.38. The van der Waals surface area contributed by atoms with Crippen molar-refractivity contribution < 1.29 is 9.59 Å². The van der Waals surface area contributed by atoms with E-state index in [9.17, 15) is 9.59 Å². The fraction of sp³-hybridized carbons (Fsp3) is 0.385. The number of carbonyl (C=O) groups excluding carboxylic acids is 2. The van der Waals surface area contributed by atoms with Gasteiger partial charge in [-0.2, -0.15) is 0 Å². The number of amides is 2. The maximum absolute atomic E-state index is 11.6. The molecule has 0 bridgehead atoms. The zero-order chi connectivity index (χ0) is 13.8. The van der Waals surface area contributed by atoms with Gasteiger partial charge in [0.15, 0.2) is 5.78 Å². The molecule has 0 unspecified atom stereocenters. The predicted octanol–water partition coefficient (Wildman–Crippen LogP) is 3.08. The van der Waals surface area contributed by atoms with Crippen molar-refractivity contribution in [3.8, 4) is 0 Å². The average Bonchev–Trinajstić information content (AvgIpc) is 2.24. The summed E-state index contributed by atoms with van der Waals surface area (Å²) in [5.74, 6) is -0.0243. The lowest BCUT2D eigenvalue weighted by Crippen LogP contribution is -2.37. The van der Waals surface area contributed by atoms with E-state index >= 15 is 0 Å². The van der Waals surface area contributed by atoms with Crippen LogP contribution in [-0.4, -0.2) is 18.4 Å². The van der Waals surface area contributed by atoms with Gasteiger partial charge in [-0.1, -0.05) is 38.4 Å². The Morgan fingerprint density at radius 1 is 1.28 bits per heavy atom. The molecule has 4 nitrogen and oxygen atoms in total. The number of benzene rings is 1. The number of anilines is 1. The van der Waals surface area contributed by atoms with Crippen LogP contribution in [0.15, 0.2) is 24.3 Å². The summed E-state index contributed by atoms with van der Waals surface area (Å²) in [5.41, 5.74) is 0.131. The van der Waals surface area contributed by atoms with Crippen molar-refractivity contribution in [2.75, 3.05) is 11.9 Å². The molecule has 0 fully saturated rings. The van der Waals surface area contributed by atoms with Crippen molar-refractivity contribution in [1.82, 2.24) is 5.32 Å². The molecule has 2 N–H and O–H groups in total. The summed E-state index contributed by atoms with van der Waals surface area (Å²) in [6.07, 6.45) is 0. The number of hydrogen-bond acceptors (Lipinski definition) is 2. The highest BCUT2D eigenvalue weighted by Crippen LogP contribution is 2.15. The van der Waals surface area contributed by atoms with E-state index in [1.165, 1.54) is 0 Å². The minimum atomic E-state index is -0.455. The van der Waals surface area contributed by atoms with Gasteiger partial charge in [-0.05, 0) is 18.2 Å². The topological polar surface area (TPSA) is 58.2 Å². The summed E-state index contributed by atoms with van der Waals surface area (Å²) in [6.45, 7) is 5.44. The summed E-state index contributed by atoms with van der Waals surface area (Å²) < 4.78 is 0. The molecule has 2 amide bonds. The molecule has 1 aromatic rings. The van der Waals surface area contributed by atoms with E-state index in [0.29, 0.717) is 10.7 Å². The van der Waals surface area contributed by atoms with E-state index in [-0.39, 0.29) is 12.3 Å². The third-order valence-corrected chi connectivity index (χ3v) is 2.56. The van der Waals surface area contributed by atoms with Gasteiger partial charge in [-0.25, -0.2) is 4.79 Å². The van der Waals surface area contributed by atoms with Crippen LogP contribution in [0.1, 0.15) is 20.8 Å². The minimum absolute atomic E-state index is 0.00982. The molecule has 18 heavy (non-hydrogen) atoms. The largest absolute Gasteiger partial charge is 0.331 e. The van der Waals surface area contributed by atoms with Gasteiger partial charge >= 0.3 is 6.03 Å². The van der Waals surface area contributed by atoms with Gasteiger partial charge in [0.05, 0.1) is 6.54 Å². The molecule has 1 rings (SSSR count). The molecule has 0 radical (unpaired) electrons. The molecule has 0 aromatic heterocycles. The first-order valence-electron chi connectivity index (χ1n) is 5.63. The fourth-order valence-electron chi connectivity index (χ4n) is 1.17. The fourth-order valence-corrected chi connectivity index (χ4v) is 1.36. The smallest absolute Gasteiger partial charge is 0.319 e. The Balaban J connectivity index is 2.46. The second kappa shape index (κ2) is 5.87. The van der Waals surface area contributed by atoms with Crippen LogP contribution < -0.4 is 10.6 Å². The van der Waals surface area contributed by atoms with Crippen molar-refractivity contribution in [3.63, 3.8) is 0 Å². The Morgan fingerprint density at radius 2 is 1.94 bits per heavy atom. The standard InChI is InChI=1S/C13H17ClN2O2/c1-13(2,3)11(17)8-15-12(18)16-10-6-4-5-9(14)7-10/h4-7H,8H2,1-3H3,(H2,15,16,18). The molecule has 0 atom stereocenters. The van der Waals surface area contributed by atoms with Crippen LogP contribution in [0.2, 0.25) is 5.02 Å². The van der Waals surface area contributed by atoms with Gasteiger partial charge in [-0.15, -0.1) is 0 Å². The van der Waals surface area contributed by atoms with Crippen LogP contribution in [0, 0.1) is 5.41 Å². The Kier molecular flexibility index (Phi) is 4.73. The number of halogens is 1. The third kappa shape index (κ3) is 4.75. The first kappa shape index (κ1) is 14.5. The van der Waals surface area contributed by atoms with E-state index in [1.807, 2.05) is 20.8 Å². The van der Waals surface area contributed by atoms with Crippen molar-refractivity contribution in [1.29, 1.82) is 0 Å². The predicted molar refractivity (Wildman–Crippen MR) is 72.9 cm³/mol. The Labute approximate surface area is 112 Å². The van der Waals surface area contributed by atoms with Crippen molar-refractivity contribution in [2.24, 2.45) is 5.41 Å². The molecule has 0 spiro atoms. The van der Waals surface area contributed by atoms with E-state index in [1.54, 1.807) is 24.3 Å². The highest BCUT2D eigenvalue weighted by molar-refractivity contribution is 6.30. The molecule has 0 aliphatic heterocycles. The van der Waals surface area contributed by atoms with Crippen LogP contribution in [0.5, 0.6) is 0 Å². The van der Waals surface area contributed by atoms with E-state index in [2.05, 4.69) is 10.6 Å². The number of rotatable bonds is 3. The van der Waals surface area contributed by atoms with E-state index < -0.39 is 11.4 Å². The first-order chi connectivity index (χ1) is 8.29. The van der Waals surface area contributed by atoms with Crippen molar-refractivity contribution in [2.45, 2.75) is 20.8 Å². The van der Waals surface area contributed by atoms with Crippen LogP contribution in [0.4, 0.5) is 10.5 Å². The van der Waals surface area contributed by atoms with Gasteiger partial charge in [0.25, 0.3) is 0 Å². The lowest BCUT2D eigenvalue weighted by atomic mass is 9.91. The minimum Gasteiger partial charge on any atom is -0.331 e. The number of nitrogens with one attached hydrogen (secondary N) is 2. The molecule has 0 saturated carbocycles. The SMILES string of the molecule is CC(C)(C)C(=O)CNC(=O)Nc1cccc(Cl)c1. The number of urea groups is 1. The summed E-state index contributed by atoms with van der Waals surface area (Å²) in [4.78, 5) is 23.1. The van der Waals surface area contributed by atoms with Crippen LogP contribution in [0.25, 0.3) is 0 Å². The molecular formula is C13H17ClN2O2. The van der Waals surface area contributed by atoms with Crippen molar-refractivity contribution >= 4 is 29.1 Å². The summed E-state index contributed by atoms with van der Waals surface area (Å²) in [5, 5.41) is 5.66. The monoisotopic (exact) mass is 268 g/mol. The summed E-state index contributed by atoms with van der Waals surface area (Å²) in [7, 11) is 0. The van der Waals surface area contributed by atoms with Gasteiger partial charge < -0.3 is 10.6 Å². The quantitative estimate of drug-likeness (QED) is 0.885. The maximum Gasteiger partial charge on any atom is 0.319 e. The highest BCUT2D eigenvalue weighted by atomic mass is 35.5. The average molecular weight is 269 g/mol. The van der Waals surface area contributed by atoms with Gasteiger partial charge in [0.2, 0.25) is 0 Å². The number of ketones is 1. The second-order valence-corrected chi connectivity index (χ2v) is 5.43. The molecule has 0 saturated heterocycles. The van der Waals surface area contributed by atoms with Crippen LogP contribution >= 0.6 is 11.6 Å². The number of hydrogen-bond donors (Lipinski definition) is 2. The van der Waals surface area contributed by atoms with E-state index in [4.69, 9.17) is 11.6 Å². The molecule has 0 heterocycles. The normalized spacial score (nSPS) is 10.9. The molecular weight excluding hydrogens is 252 g/mol. The Bertz CT molecular complexity index is 453. The molecule has 1 aromatic carbocycles. The Hall–Kier alpha value is -1.55. The first-order valence-corrected chi connectivity index (χ1v) is 6.00. The maximum atomic E-state index is 11.6. The van der Waals surface area contributed by atoms with Gasteiger partial charge in [-0.3, -0.25) is 4.79 Å². The zero-order valence-electron chi connectivity index (χ0n) is 10.7.